The second-order valence-corrected chi connectivity index (χ2v) is 3.59. The third-order valence-electron chi connectivity index (χ3n) is 2.44. The maximum Gasteiger partial charge on any atom is 0.250 e. The normalized spacial score (nSPS) is 12.2. The van der Waals surface area contributed by atoms with Crippen LogP contribution < -0.4 is 11.1 Å². The molecule has 1 atom stereocenters. The number of carbonyl (C=O) groups excluding carboxylic acids is 1. The zero-order chi connectivity index (χ0) is 12.7. The highest BCUT2D eigenvalue weighted by atomic mass is 19.1. The molecule has 1 aromatic carbocycles. The number of hydrogen-bond acceptors (Lipinski definition) is 3. The highest BCUT2D eigenvalue weighted by Crippen LogP contribution is 2.06. The van der Waals surface area contributed by atoms with Gasteiger partial charge < -0.3 is 15.8 Å². The van der Waals surface area contributed by atoms with Crippen LogP contribution >= 0.6 is 0 Å². The number of rotatable bonds is 6. The molecule has 0 aliphatic carbocycles. The van der Waals surface area contributed by atoms with E-state index in [2.05, 4.69) is 5.32 Å². The van der Waals surface area contributed by atoms with Gasteiger partial charge in [-0.15, -0.1) is 0 Å². The van der Waals surface area contributed by atoms with Crippen molar-refractivity contribution in [2.75, 3.05) is 20.2 Å². The van der Waals surface area contributed by atoms with Gasteiger partial charge in [-0.05, 0) is 18.1 Å². The first-order chi connectivity index (χ1) is 8.19. The fourth-order valence-electron chi connectivity index (χ4n) is 1.45. The van der Waals surface area contributed by atoms with Gasteiger partial charge in [0.1, 0.15) is 11.9 Å². The number of carbonyl (C=O) groups is 1. The minimum Gasteiger partial charge on any atom is -0.370 e. The Kier molecular flexibility index (Phi) is 5.59. The molecule has 5 heteroatoms. The van der Waals surface area contributed by atoms with Crippen LogP contribution in [0.2, 0.25) is 0 Å². The van der Waals surface area contributed by atoms with E-state index >= 15 is 0 Å². The zero-order valence-electron chi connectivity index (χ0n) is 9.78. The average Bonchev–Trinajstić information content (AvgIpc) is 2.33. The smallest absolute Gasteiger partial charge is 0.250 e. The van der Waals surface area contributed by atoms with Gasteiger partial charge >= 0.3 is 0 Å². The quantitative estimate of drug-likeness (QED) is 0.759. The summed E-state index contributed by atoms with van der Waals surface area (Å²) in [5.41, 5.74) is 5.92. The predicted octanol–water partition coefficient (Wildman–Crippen LogP) is 0.458. The Balaban J connectivity index is 2.38. The summed E-state index contributed by atoms with van der Waals surface area (Å²) in [5.74, 6) is -0.532. The number of benzene rings is 1. The van der Waals surface area contributed by atoms with Crippen molar-refractivity contribution < 1.29 is 13.9 Å². The molecule has 1 aromatic rings. The molecule has 1 unspecified atom stereocenters. The lowest BCUT2D eigenvalue weighted by Crippen LogP contribution is -2.41. The Labute approximate surface area is 100.0 Å². The van der Waals surface area contributed by atoms with Crippen LogP contribution in [-0.2, 0) is 16.0 Å². The fraction of sp³-hybridized carbons (Fsp3) is 0.417. The van der Waals surface area contributed by atoms with Crippen molar-refractivity contribution in [3.05, 3.63) is 35.6 Å². The SMILES string of the molecule is COC(CN)C(=O)NCCc1ccccc1F. The van der Waals surface area contributed by atoms with E-state index in [0.29, 0.717) is 18.5 Å². The van der Waals surface area contributed by atoms with Gasteiger partial charge in [-0.1, -0.05) is 18.2 Å². The standard InChI is InChI=1S/C12H17FN2O2/c1-17-11(8-14)12(16)15-7-6-9-4-2-3-5-10(9)13/h2-5,11H,6-8,14H2,1H3,(H,15,16). The number of halogens is 1. The number of hydrogen-bond donors (Lipinski definition) is 2. The van der Waals surface area contributed by atoms with Crippen molar-refractivity contribution in [3.63, 3.8) is 0 Å². The predicted molar refractivity (Wildman–Crippen MR) is 63.0 cm³/mol. The number of ether oxygens (including phenoxy) is 1. The fourth-order valence-corrected chi connectivity index (χ4v) is 1.45. The molecule has 4 nitrogen and oxygen atoms in total. The molecule has 0 aliphatic heterocycles. The van der Waals surface area contributed by atoms with E-state index in [9.17, 15) is 9.18 Å². The van der Waals surface area contributed by atoms with E-state index in [-0.39, 0.29) is 18.3 Å². The van der Waals surface area contributed by atoms with Gasteiger partial charge in [0.2, 0.25) is 5.91 Å². The van der Waals surface area contributed by atoms with E-state index in [1.54, 1.807) is 18.2 Å². The van der Waals surface area contributed by atoms with E-state index in [1.165, 1.54) is 13.2 Å². The summed E-state index contributed by atoms with van der Waals surface area (Å²) in [6.07, 6.45) is -0.199. The molecule has 0 bridgehead atoms. The summed E-state index contributed by atoms with van der Waals surface area (Å²) in [6.45, 7) is 0.488. The van der Waals surface area contributed by atoms with E-state index < -0.39 is 6.10 Å². The molecule has 0 heterocycles. The number of methoxy groups -OCH3 is 1. The first kappa shape index (κ1) is 13.6. The molecular weight excluding hydrogens is 223 g/mol. The molecule has 0 saturated heterocycles. The van der Waals surface area contributed by atoms with Crippen LogP contribution in [0.3, 0.4) is 0 Å². The van der Waals surface area contributed by atoms with E-state index in [4.69, 9.17) is 10.5 Å². The first-order valence-corrected chi connectivity index (χ1v) is 5.43. The number of nitrogens with two attached hydrogens (primary N) is 1. The number of nitrogens with one attached hydrogen (secondary N) is 1. The highest BCUT2D eigenvalue weighted by Gasteiger charge is 2.14. The molecule has 94 valence electrons. The van der Waals surface area contributed by atoms with Crippen molar-refractivity contribution >= 4 is 5.91 Å². The topological polar surface area (TPSA) is 64.3 Å². The molecule has 0 aromatic heterocycles. The van der Waals surface area contributed by atoms with Gasteiger partial charge in [-0.2, -0.15) is 0 Å². The largest absolute Gasteiger partial charge is 0.370 e. The summed E-state index contributed by atoms with van der Waals surface area (Å²) in [4.78, 5) is 11.5. The Morgan fingerprint density at radius 3 is 2.82 bits per heavy atom. The van der Waals surface area contributed by atoms with Crippen LogP contribution in [0, 0.1) is 5.82 Å². The monoisotopic (exact) mass is 240 g/mol. The van der Waals surface area contributed by atoms with Crippen LogP contribution in [0.4, 0.5) is 4.39 Å². The maximum absolute atomic E-state index is 13.2. The summed E-state index contributed by atoms with van der Waals surface area (Å²) < 4.78 is 18.1. The minimum atomic E-state index is -0.643. The molecule has 3 N–H and O–H groups in total. The van der Waals surface area contributed by atoms with Crippen molar-refractivity contribution in [1.82, 2.24) is 5.32 Å². The van der Waals surface area contributed by atoms with Crippen molar-refractivity contribution in [1.29, 1.82) is 0 Å². The van der Waals surface area contributed by atoms with Crippen molar-refractivity contribution in [3.8, 4) is 0 Å². The molecule has 0 spiro atoms. The van der Waals surface area contributed by atoms with Gasteiger partial charge in [-0.3, -0.25) is 4.79 Å². The maximum atomic E-state index is 13.2. The lowest BCUT2D eigenvalue weighted by atomic mass is 10.1. The van der Waals surface area contributed by atoms with Gasteiger partial charge in [-0.25, -0.2) is 4.39 Å². The van der Waals surface area contributed by atoms with Gasteiger partial charge in [0.25, 0.3) is 0 Å². The van der Waals surface area contributed by atoms with E-state index in [0.717, 1.165) is 0 Å². The summed E-state index contributed by atoms with van der Waals surface area (Å²) in [6, 6.07) is 6.48. The third kappa shape index (κ3) is 4.13. The second kappa shape index (κ2) is 6.98. The average molecular weight is 240 g/mol. The van der Waals surface area contributed by atoms with Crippen molar-refractivity contribution in [2.24, 2.45) is 5.73 Å². The Morgan fingerprint density at radius 2 is 2.24 bits per heavy atom. The molecule has 17 heavy (non-hydrogen) atoms. The van der Waals surface area contributed by atoms with Crippen molar-refractivity contribution in [2.45, 2.75) is 12.5 Å². The molecule has 0 saturated carbocycles. The Morgan fingerprint density at radius 1 is 1.53 bits per heavy atom. The first-order valence-electron chi connectivity index (χ1n) is 5.43. The number of amides is 1. The van der Waals surface area contributed by atoms with Gasteiger partial charge in [0, 0.05) is 20.2 Å². The Hall–Kier alpha value is -1.46. The summed E-state index contributed by atoms with van der Waals surface area (Å²) in [7, 11) is 1.42. The van der Waals surface area contributed by atoms with Crippen LogP contribution in [0.25, 0.3) is 0 Å². The zero-order valence-corrected chi connectivity index (χ0v) is 9.78. The van der Waals surface area contributed by atoms with Crippen LogP contribution in [0.15, 0.2) is 24.3 Å². The molecule has 0 fully saturated rings. The minimum absolute atomic E-state index is 0.127. The lowest BCUT2D eigenvalue weighted by molar-refractivity contribution is -0.130. The van der Waals surface area contributed by atoms with Gasteiger partial charge in [0.05, 0.1) is 0 Å². The molecule has 1 rings (SSSR count). The summed E-state index contributed by atoms with van der Waals surface area (Å²) >= 11 is 0. The second-order valence-electron chi connectivity index (χ2n) is 3.59. The molecule has 0 radical (unpaired) electrons. The molecule has 0 aliphatic rings. The van der Waals surface area contributed by atoms with Crippen LogP contribution in [0.1, 0.15) is 5.56 Å². The van der Waals surface area contributed by atoms with Crippen LogP contribution in [-0.4, -0.2) is 32.2 Å². The Bertz CT molecular complexity index is 367. The van der Waals surface area contributed by atoms with E-state index in [1.807, 2.05) is 0 Å². The third-order valence-corrected chi connectivity index (χ3v) is 2.44. The molecule has 1 amide bonds. The van der Waals surface area contributed by atoms with Gasteiger partial charge in [0.15, 0.2) is 0 Å². The lowest BCUT2D eigenvalue weighted by Gasteiger charge is -2.13. The van der Waals surface area contributed by atoms with Crippen LogP contribution in [0.5, 0.6) is 0 Å². The highest BCUT2D eigenvalue weighted by molar-refractivity contribution is 5.80. The molecular formula is C12H17FN2O2. The summed E-state index contributed by atoms with van der Waals surface area (Å²) in [5, 5.41) is 2.65.